The van der Waals surface area contributed by atoms with Crippen LogP contribution in [0.5, 0.6) is 0 Å². The predicted molar refractivity (Wildman–Crippen MR) is 137 cm³/mol. The van der Waals surface area contributed by atoms with Crippen molar-refractivity contribution >= 4 is 26.6 Å². The Kier molecular flexibility index (Phi) is 7.45. The molecule has 0 aliphatic carbocycles. The van der Waals surface area contributed by atoms with Gasteiger partial charge in [0, 0.05) is 41.7 Å². The van der Waals surface area contributed by atoms with E-state index in [1.165, 1.54) is 24.3 Å². The fourth-order valence-electron chi connectivity index (χ4n) is 4.40. The fourth-order valence-corrected chi connectivity index (χ4v) is 5.29. The molecule has 1 heterocycles. The Bertz CT molecular complexity index is 1540. The Morgan fingerprint density at radius 3 is 2.30 bits per heavy atom. The van der Waals surface area contributed by atoms with E-state index in [4.69, 9.17) is 0 Å². The van der Waals surface area contributed by atoms with E-state index in [9.17, 15) is 26.4 Å². The highest BCUT2D eigenvalue weighted by Gasteiger charge is 2.33. The van der Waals surface area contributed by atoms with Crippen molar-refractivity contribution in [3.05, 3.63) is 101 Å². The third kappa shape index (κ3) is 5.72. The number of hydrogen-bond donors (Lipinski definition) is 1. The maximum atomic E-state index is 13.5. The summed E-state index contributed by atoms with van der Waals surface area (Å²) in [4.78, 5) is 13.0. The molecule has 1 amide bonds. The molecule has 0 atom stereocenters. The molecule has 1 aromatic heterocycles. The Morgan fingerprint density at radius 2 is 1.65 bits per heavy atom. The third-order valence-corrected chi connectivity index (χ3v) is 8.13. The summed E-state index contributed by atoms with van der Waals surface area (Å²) >= 11 is 0. The number of benzene rings is 3. The normalized spacial score (nSPS) is 12.1. The number of sulfone groups is 1. The van der Waals surface area contributed by atoms with Gasteiger partial charge in [0.2, 0.25) is 0 Å². The summed E-state index contributed by atoms with van der Waals surface area (Å²) in [7, 11) is -3.29. The van der Waals surface area contributed by atoms with Crippen LogP contribution in [0.3, 0.4) is 0 Å². The smallest absolute Gasteiger partial charge is 0.348 e. The maximum Gasteiger partial charge on any atom is 0.416 e. The van der Waals surface area contributed by atoms with E-state index in [0.717, 1.165) is 28.2 Å². The summed E-state index contributed by atoms with van der Waals surface area (Å²) in [5, 5.41) is 3.60. The molecular formula is C28H27F3N2O3S. The summed E-state index contributed by atoms with van der Waals surface area (Å²) in [6.45, 7) is 4.30. The lowest BCUT2D eigenvalue weighted by atomic mass is 10.0. The second-order valence-electron chi connectivity index (χ2n) is 8.72. The first-order chi connectivity index (χ1) is 17.5. The molecule has 0 unspecified atom stereocenters. The van der Waals surface area contributed by atoms with E-state index >= 15 is 0 Å². The molecule has 0 bridgehead atoms. The molecule has 0 spiro atoms. The zero-order valence-electron chi connectivity index (χ0n) is 20.5. The summed E-state index contributed by atoms with van der Waals surface area (Å²) in [5.41, 5.74) is 2.30. The van der Waals surface area contributed by atoms with Crippen molar-refractivity contribution in [2.45, 2.75) is 44.4 Å². The number of hydrogen-bond acceptors (Lipinski definition) is 3. The molecule has 4 aromatic rings. The molecule has 5 nitrogen and oxygen atoms in total. The van der Waals surface area contributed by atoms with Crippen LogP contribution < -0.4 is 5.32 Å². The van der Waals surface area contributed by atoms with Gasteiger partial charge in [-0.15, -0.1) is 0 Å². The molecule has 0 aliphatic rings. The van der Waals surface area contributed by atoms with Crippen molar-refractivity contribution in [2.75, 3.05) is 5.75 Å². The highest BCUT2D eigenvalue weighted by molar-refractivity contribution is 7.91. The average Bonchev–Trinajstić information content (AvgIpc) is 3.23. The minimum absolute atomic E-state index is 0.0157. The molecular weight excluding hydrogens is 501 g/mol. The van der Waals surface area contributed by atoms with Gasteiger partial charge in [0.05, 0.1) is 16.2 Å². The van der Waals surface area contributed by atoms with Gasteiger partial charge in [-0.1, -0.05) is 37.3 Å². The highest BCUT2D eigenvalue weighted by atomic mass is 32.2. The van der Waals surface area contributed by atoms with E-state index in [-0.39, 0.29) is 35.1 Å². The van der Waals surface area contributed by atoms with Crippen LogP contribution in [0, 0.1) is 0 Å². The topological polar surface area (TPSA) is 68.2 Å². The highest BCUT2D eigenvalue weighted by Crippen LogP contribution is 2.33. The zero-order valence-corrected chi connectivity index (χ0v) is 21.3. The molecule has 0 aliphatic heterocycles. The van der Waals surface area contributed by atoms with Crippen LogP contribution in [0.1, 0.15) is 46.6 Å². The first kappa shape index (κ1) is 26.5. The molecule has 0 saturated carbocycles. The molecule has 37 heavy (non-hydrogen) atoms. The van der Waals surface area contributed by atoms with Gasteiger partial charge in [0.25, 0.3) is 5.91 Å². The van der Waals surface area contributed by atoms with Gasteiger partial charge in [-0.3, -0.25) is 4.79 Å². The summed E-state index contributed by atoms with van der Waals surface area (Å²) in [6.07, 6.45) is -4.32. The summed E-state index contributed by atoms with van der Waals surface area (Å²) in [6, 6.07) is 19.0. The quantitative estimate of drug-likeness (QED) is 0.305. The van der Waals surface area contributed by atoms with Gasteiger partial charge in [-0.05, 0) is 60.5 Å². The number of carbonyl (C=O) groups excluding carboxylic acids is 1. The van der Waals surface area contributed by atoms with E-state index in [1.54, 1.807) is 43.3 Å². The monoisotopic (exact) mass is 528 g/mol. The number of rotatable bonds is 8. The van der Waals surface area contributed by atoms with Gasteiger partial charge in [-0.25, -0.2) is 8.42 Å². The van der Waals surface area contributed by atoms with Gasteiger partial charge in [-0.2, -0.15) is 13.2 Å². The van der Waals surface area contributed by atoms with Crippen LogP contribution in [-0.2, 0) is 35.5 Å². The van der Waals surface area contributed by atoms with Crippen molar-refractivity contribution in [1.29, 1.82) is 0 Å². The Labute approximate surface area is 213 Å². The Balaban J connectivity index is 1.54. The third-order valence-electron chi connectivity index (χ3n) is 6.38. The standard InChI is InChI=1S/C28H27F3N2O3S/c1-3-33-23(16-20-7-5-6-8-25(20)28(29,30)31)17-22-15-21(11-14-26(22)33)27(34)32-18-19-9-12-24(13-10-19)37(35,36)4-2/h5-15,17H,3-4,16,18H2,1-2H3,(H,32,34). The first-order valence-corrected chi connectivity index (χ1v) is 13.6. The fraction of sp³-hybridized carbons (Fsp3) is 0.250. The SMILES string of the molecule is CCn1c(Cc2ccccc2C(F)(F)F)cc2cc(C(=O)NCc3ccc(S(=O)(=O)CC)cc3)ccc21. The zero-order chi connectivity index (χ0) is 26.8. The van der Waals surface area contributed by atoms with Crippen LogP contribution >= 0.6 is 0 Å². The van der Waals surface area contributed by atoms with E-state index in [0.29, 0.717) is 12.1 Å². The molecule has 3 aromatic carbocycles. The molecule has 0 fully saturated rings. The van der Waals surface area contributed by atoms with Crippen molar-refractivity contribution < 1.29 is 26.4 Å². The summed E-state index contributed by atoms with van der Waals surface area (Å²) in [5.74, 6) is -0.289. The predicted octanol–water partition coefficient (Wildman–Crippen LogP) is 5.99. The van der Waals surface area contributed by atoms with Crippen LogP contribution in [0.2, 0.25) is 0 Å². The molecule has 194 valence electrons. The van der Waals surface area contributed by atoms with Gasteiger partial charge in [0.1, 0.15) is 0 Å². The number of halogens is 3. The lowest BCUT2D eigenvalue weighted by Gasteiger charge is -2.14. The van der Waals surface area contributed by atoms with Gasteiger partial charge in [0.15, 0.2) is 9.84 Å². The van der Waals surface area contributed by atoms with Crippen LogP contribution in [0.25, 0.3) is 10.9 Å². The van der Waals surface area contributed by atoms with Gasteiger partial charge < -0.3 is 9.88 Å². The number of nitrogens with one attached hydrogen (secondary N) is 1. The van der Waals surface area contributed by atoms with Gasteiger partial charge >= 0.3 is 6.18 Å². The summed E-state index contributed by atoms with van der Waals surface area (Å²) < 4.78 is 66.3. The average molecular weight is 529 g/mol. The minimum atomic E-state index is -4.44. The number of aromatic nitrogens is 1. The minimum Gasteiger partial charge on any atom is -0.348 e. The lowest BCUT2D eigenvalue weighted by molar-refractivity contribution is -0.138. The van der Waals surface area contributed by atoms with Crippen LogP contribution in [0.4, 0.5) is 13.2 Å². The van der Waals surface area contributed by atoms with Crippen molar-refractivity contribution in [3.8, 4) is 0 Å². The maximum absolute atomic E-state index is 13.5. The number of nitrogens with zero attached hydrogens (tertiary/aromatic N) is 1. The number of amides is 1. The van der Waals surface area contributed by atoms with Crippen LogP contribution in [-0.4, -0.2) is 24.6 Å². The molecule has 1 N–H and O–H groups in total. The Morgan fingerprint density at radius 1 is 0.946 bits per heavy atom. The number of carbonyl (C=O) groups is 1. The number of alkyl halides is 3. The number of aryl methyl sites for hydroxylation is 1. The second kappa shape index (κ2) is 10.4. The lowest BCUT2D eigenvalue weighted by Crippen LogP contribution is -2.22. The second-order valence-corrected chi connectivity index (χ2v) is 11.0. The van der Waals surface area contributed by atoms with Crippen molar-refractivity contribution in [2.24, 2.45) is 0 Å². The van der Waals surface area contributed by atoms with Crippen molar-refractivity contribution in [1.82, 2.24) is 9.88 Å². The van der Waals surface area contributed by atoms with E-state index < -0.39 is 21.6 Å². The molecule has 9 heteroatoms. The molecule has 4 rings (SSSR count). The first-order valence-electron chi connectivity index (χ1n) is 11.9. The largest absolute Gasteiger partial charge is 0.416 e. The van der Waals surface area contributed by atoms with E-state index in [1.807, 2.05) is 17.6 Å². The van der Waals surface area contributed by atoms with Crippen molar-refractivity contribution in [3.63, 3.8) is 0 Å². The van der Waals surface area contributed by atoms with Crippen LogP contribution in [0.15, 0.2) is 77.7 Å². The molecule has 0 saturated heterocycles. The number of fused-ring (bicyclic) bond motifs is 1. The molecule has 0 radical (unpaired) electrons. The van der Waals surface area contributed by atoms with E-state index in [2.05, 4.69) is 5.32 Å². The Hall–Kier alpha value is -3.59.